The van der Waals surface area contributed by atoms with Gasteiger partial charge < -0.3 is 4.90 Å². The van der Waals surface area contributed by atoms with Gasteiger partial charge in [-0.05, 0) is 43.6 Å². The Bertz CT molecular complexity index is 467. The number of halogens is 1. The van der Waals surface area contributed by atoms with Crippen molar-refractivity contribution in [2.75, 3.05) is 18.4 Å². The van der Waals surface area contributed by atoms with Crippen LogP contribution in [0.2, 0.25) is 0 Å². The van der Waals surface area contributed by atoms with Crippen LogP contribution in [0.4, 0.5) is 0 Å². The molecule has 3 rings (SSSR count). The van der Waals surface area contributed by atoms with Crippen LogP contribution in [-0.4, -0.2) is 29.2 Å². The average Bonchev–Trinajstić information content (AvgIpc) is 3.30. The Morgan fingerprint density at radius 3 is 2.70 bits per heavy atom. The van der Waals surface area contributed by atoms with E-state index in [4.69, 9.17) is 0 Å². The molecule has 2 fully saturated rings. The third-order valence-corrected chi connectivity index (χ3v) is 5.27. The van der Waals surface area contributed by atoms with E-state index in [2.05, 4.69) is 33.0 Å². The minimum atomic E-state index is -0.183. The zero-order chi connectivity index (χ0) is 14.0. The molecule has 1 aromatic rings. The summed E-state index contributed by atoms with van der Waals surface area (Å²) >= 11 is 3.53. The van der Waals surface area contributed by atoms with Gasteiger partial charge in [0.2, 0.25) is 5.91 Å². The summed E-state index contributed by atoms with van der Waals surface area (Å²) in [6, 6.07) is 10.4. The molecular weight excluding hydrogens is 314 g/mol. The van der Waals surface area contributed by atoms with Gasteiger partial charge in [0.25, 0.3) is 0 Å². The Hall–Kier alpha value is -0.830. The molecule has 1 amide bonds. The van der Waals surface area contributed by atoms with E-state index in [1.54, 1.807) is 0 Å². The average molecular weight is 336 g/mol. The lowest BCUT2D eigenvalue weighted by atomic mass is 9.90. The van der Waals surface area contributed by atoms with Crippen molar-refractivity contribution in [3.05, 3.63) is 35.9 Å². The highest BCUT2D eigenvalue weighted by molar-refractivity contribution is 9.09. The lowest BCUT2D eigenvalue weighted by Gasteiger charge is -2.35. The zero-order valence-corrected chi connectivity index (χ0v) is 13.4. The Balaban J connectivity index is 1.72. The fourth-order valence-electron chi connectivity index (χ4n) is 3.45. The van der Waals surface area contributed by atoms with E-state index in [1.165, 1.54) is 18.4 Å². The monoisotopic (exact) mass is 335 g/mol. The highest BCUT2D eigenvalue weighted by Gasteiger charge is 2.53. The third kappa shape index (κ3) is 2.65. The topological polar surface area (TPSA) is 20.3 Å². The van der Waals surface area contributed by atoms with Crippen LogP contribution >= 0.6 is 15.9 Å². The molecule has 0 aromatic heterocycles. The summed E-state index contributed by atoms with van der Waals surface area (Å²) < 4.78 is 0. The van der Waals surface area contributed by atoms with Crippen LogP contribution in [0.5, 0.6) is 0 Å². The van der Waals surface area contributed by atoms with Gasteiger partial charge in [0.05, 0.1) is 5.41 Å². The minimum absolute atomic E-state index is 0.183. The Morgan fingerprint density at radius 1 is 1.30 bits per heavy atom. The quantitative estimate of drug-likeness (QED) is 0.767. The molecule has 1 saturated carbocycles. The van der Waals surface area contributed by atoms with Crippen molar-refractivity contribution in [1.82, 2.24) is 4.90 Å². The Kier molecular flexibility index (Phi) is 4.16. The van der Waals surface area contributed by atoms with E-state index in [-0.39, 0.29) is 5.41 Å². The number of hydrogen-bond acceptors (Lipinski definition) is 1. The summed E-state index contributed by atoms with van der Waals surface area (Å²) in [4.78, 5) is 15.1. The van der Waals surface area contributed by atoms with Gasteiger partial charge in [0, 0.05) is 18.4 Å². The molecule has 0 spiro atoms. The molecule has 1 atom stereocenters. The SMILES string of the molecule is O=C(N1CCCC(CCBr)C1)C1(c2ccccc2)CC1. The number of amides is 1. The van der Waals surface area contributed by atoms with Gasteiger partial charge in [-0.25, -0.2) is 0 Å². The van der Waals surface area contributed by atoms with Crippen LogP contribution in [0.1, 0.15) is 37.7 Å². The summed E-state index contributed by atoms with van der Waals surface area (Å²) in [6.45, 7) is 1.91. The number of benzene rings is 1. The predicted octanol–water partition coefficient (Wildman–Crippen LogP) is 3.74. The maximum absolute atomic E-state index is 12.9. The molecule has 1 heterocycles. The first kappa shape index (κ1) is 14.1. The van der Waals surface area contributed by atoms with E-state index >= 15 is 0 Å². The fourth-order valence-corrected chi connectivity index (χ4v) is 4.10. The fraction of sp³-hybridized carbons (Fsp3) is 0.588. The molecule has 1 unspecified atom stereocenters. The third-order valence-electron chi connectivity index (χ3n) is 4.81. The Labute approximate surface area is 129 Å². The predicted molar refractivity (Wildman–Crippen MR) is 85.1 cm³/mol. The van der Waals surface area contributed by atoms with Gasteiger partial charge >= 0.3 is 0 Å². The number of carbonyl (C=O) groups excluding carboxylic acids is 1. The molecule has 1 saturated heterocycles. The molecule has 108 valence electrons. The van der Waals surface area contributed by atoms with E-state index in [0.717, 1.165) is 37.7 Å². The van der Waals surface area contributed by atoms with E-state index in [9.17, 15) is 4.79 Å². The van der Waals surface area contributed by atoms with E-state index in [0.29, 0.717) is 11.8 Å². The van der Waals surface area contributed by atoms with Crippen molar-refractivity contribution < 1.29 is 4.79 Å². The molecular formula is C17H22BrNO. The second-order valence-corrected chi connectivity index (χ2v) is 6.98. The molecule has 3 heteroatoms. The largest absolute Gasteiger partial charge is 0.342 e. The lowest BCUT2D eigenvalue weighted by molar-refractivity contribution is -0.135. The van der Waals surface area contributed by atoms with Gasteiger partial charge in [-0.3, -0.25) is 4.79 Å². The van der Waals surface area contributed by atoms with E-state index in [1.807, 2.05) is 18.2 Å². The minimum Gasteiger partial charge on any atom is -0.342 e. The number of carbonyl (C=O) groups is 1. The number of rotatable bonds is 4. The molecule has 0 N–H and O–H groups in total. The summed E-state index contributed by atoms with van der Waals surface area (Å²) in [5.41, 5.74) is 1.03. The van der Waals surface area contributed by atoms with Crippen LogP contribution < -0.4 is 0 Å². The Morgan fingerprint density at radius 2 is 2.05 bits per heavy atom. The van der Waals surface area contributed by atoms with Crippen molar-refractivity contribution >= 4 is 21.8 Å². The number of likely N-dealkylation sites (tertiary alicyclic amines) is 1. The maximum atomic E-state index is 12.9. The first-order chi connectivity index (χ1) is 9.76. The second kappa shape index (κ2) is 5.88. The normalized spacial score (nSPS) is 24.4. The second-order valence-electron chi connectivity index (χ2n) is 6.19. The van der Waals surface area contributed by atoms with Gasteiger partial charge in [-0.2, -0.15) is 0 Å². The van der Waals surface area contributed by atoms with Crippen molar-refractivity contribution in [2.24, 2.45) is 5.92 Å². The molecule has 0 radical (unpaired) electrons. The zero-order valence-electron chi connectivity index (χ0n) is 11.9. The van der Waals surface area contributed by atoms with Gasteiger partial charge in [0.1, 0.15) is 0 Å². The first-order valence-electron chi connectivity index (χ1n) is 7.67. The molecule has 2 aliphatic rings. The number of nitrogens with zero attached hydrogens (tertiary/aromatic N) is 1. The van der Waals surface area contributed by atoms with Crippen molar-refractivity contribution in [3.63, 3.8) is 0 Å². The van der Waals surface area contributed by atoms with Crippen LogP contribution in [-0.2, 0) is 10.2 Å². The molecule has 0 bridgehead atoms. The maximum Gasteiger partial charge on any atom is 0.233 e. The van der Waals surface area contributed by atoms with Crippen molar-refractivity contribution in [2.45, 2.75) is 37.5 Å². The molecule has 2 nitrogen and oxygen atoms in total. The highest BCUT2D eigenvalue weighted by atomic mass is 79.9. The number of alkyl halides is 1. The van der Waals surface area contributed by atoms with Crippen LogP contribution in [0.25, 0.3) is 0 Å². The van der Waals surface area contributed by atoms with Crippen LogP contribution in [0.15, 0.2) is 30.3 Å². The summed E-state index contributed by atoms with van der Waals surface area (Å²) in [7, 11) is 0. The number of piperidine rings is 1. The van der Waals surface area contributed by atoms with Crippen LogP contribution in [0, 0.1) is 5.92 Å². The van der Waals surface area contributed by atoms with Gasteiger partial charge in [-0.1, -0.05) is 46.3 Å². The molecule has 1 aromatic carbocycles. The first-order valence-corrected chi connectivity index (χ1v) is 8.79. The van der Waals surface area contributed by atoms with E-state index < -0.39 is 0 Å². The summed E-state index contributed by atoms with van der Waals surface area (Å²) in [6.07, 6.45) is 5.66. The smallest absolute Gasteiger partial charge is 0.233 e. The van der Waals surface area contributed by atoms with Crippen molar-refractivity contribution in [3.8, 4) is 0 Å². The summed E-state index contributed by atoms with van der Waals surface area (Å²) in [5, 5.41) is 1.05. The molecule has 1 aliphatic heterocycles. The molecule has 1 aliphatic carbocycles. The van der Waals surface area contributed by atoms with Gasteiger partial charge in [-0.15, -0.1) is 0 Å². The highest BCUT2D eigenvalue weighted by Crippen LogP contribution is 2.50. The summed E-state index contributed by atoms with van der Waals surface area (Å²) in [5.74, 6) is 1.06. The number of hydrogen-bond donors (Lipinski definition) is 0. The van der Waals surface area contributed by atoms with Gasteiger partial charge in [0.15, 0.2) is 0 Å². The van der Waals surface area contributed by atoms with Crippen molar-refractivity contribution in [1.29, 1.82) is 0 Å². The standard InChI is InChI=1S/C17H22BrNO/c18-11-8-14-5-4-12-19(13-14)16(20)17(9-10-17)15-6-2-1-3-7-15/h1-3,6-7,14H,4-5,8-13H2. The lowest BCUT2D eigenvalue weighted by Crippen LogP contribution is -2.45. The van der Waals surface area contributed by atoms with Crippen LogP contribution in [0.3, 0.4) is 0 Å². The molecule has 20 heavy (non-hydrogen) atoms.